The molecule has 0 aliphatic rings. The Kier molecular flexibility index (Phi) is 7.67. The lowest BCUT2D eigenvalue weighted by Gasteiger charge is -2.13. The maximum Gasteiger partial charge on any atom is 0.338 e. The first kappa shape index (κ1) is 24.2. The highest BCUT2D eigenvalue weighted by Gasteiger charge is 2.21. The number of hydrogen-bond donors (Lipinski definition) is 1. The Bertz CT molecular complexity index is 1260. The Morgan fingerprint density at radius 2 is 1.73 bits per heavy atom. The van der Waals surface area contributed by atoms with Gasteiger partial charge in [-0.15, -0.1) is 0 Å². The topological polar surface area (TPSA) is 125 Å². The number of esters is 1. The summed E-state index contributed by atoms with van der Waals surface area (Å²) in [7, 11) is -3.95. The summed E-state index contributed by atoms with van der Waals surface area (Å²) in [6.45, 7) is 2.00. The summed E-state index contributed by atoms with van der Waals surface area (Å²) in [5.41, 5.74) is 1.01. The molecule has 0 bridgehead atoms. The van der Waals surface area contributed by atoms with Gasteiger partial charge in [0.1, 0.15) is 17.3 Å². The zero-order chi connectivity index (χ0) is 24.0. The highest BCUT2D eigenvalue weighted by molar-refractivity contribution is 9.10. The van der Waals surface area contributed by atoms with Crippen LogP contribution in [0.4, 0.5) is 11.4 Å². The van der Waals surface area contributed by atoms with E-state index in [1.54, 1.807) is 19.1 Å². The molecule has 9 nitrogen and oxygen atoms in total. The zero-order valence-corrected chi connectivity index (χ0v) is 19.8. The first-order valence-electron chi connectivity index (χ1n) is 9.65. The van der Waals surface area contributed by atoms with Crippen molar-refractivity contribution in [2.24, 2.45) is 0 Å². The van der Waals surface area contributed by atoms with Crippen molar-refractivity contribution < 1.29 is 27.6 Å². The molecule has 33 heavy (non-hydrogen) atoms. The van der Waals surface area contributed by atoms with E-state index in [0.29, 0.717) is 16.6 Å². The third-order valence-electron chi connectivity index (χ3n) is 4.39. The fourth-order valence-electron chi connectivity index (χ4n) is 2.80. The van der Waals surface area contributed by atoms with Crippen LogP contribution < -0.4 is 9.46 Å². The van der Waals surface area contributed by atoms with Gasteiger partial charge < -0.3 is 9.47 Å². The fraction of sp³-hybridized carbons (Fsp3) is 0.136. The van der Waals surface area contributed by atoms with Gasteiger partial charge in [0.2, 0.25) is 0 Å². The lowest BCUT2D eigenvalue weighted by Crippen LogP contribution is -2.15. The van der Waals surface area contributed by atoms with Crippen LogP contribution in [0.5, 0.6) is 5.75 Å². The van der Waals surface area contributed by atoms with Crippen LogP contribution in [-0.2, 0) is 21.4 Å². The second-order valence-electron chi connectivity index (χ2n) is 6.71. The highest BCUT2D eigenvalue weighted by Crippen LogP contribution is 2.29. The van der Waals surface area contributed by atoms with Crippen molar-refractivity contribution in [1.82, 2.24) is 0 Å². The number of sulfonamides is 1. The predicted molar refractivity (Wildman–Crippen MR) is 125 cm³/mol. The largest absolute Gasteiger partial charge is 0.492 e. The smallest absolute Gasteiger partial charge is 0.338 e. The minimum absolute atomic E-state index is 0.0229. The molecule has 0 aromatic heterocycles. The molecule has 0 spiro atoms. The maximum atomic E-state index is 12.8. The number of carbonyl (C=O) groups excluding carboxylic acids is 1. The molecule has 0 saturated heterocycles. The van der Waals surface area contributed by atoms with E-state index in [0.717, 1.165) is 0 Å². The number of nitro benzene ring substituents is 1. The number of anilines is 1. The molecule has 3 aromatic carbocycles. The monoisotopic (exact) mass is 534 g/mol. The van der Waals surface area contributed by atoms with Crippen LogP contribution in [0, 0.1) is 10.1 Å². The number of nitro groups is 1. The van der Waals surface area contributed by atoms with E-state index in [-0.39, 0.29) is 34.2 Å². The summed E-state index contributed by atoms with van der Waals surface area (Å²) in [5, 5.41) is 10.7. The van der Waals surface area contributed by atoms with E-state index in [9.17, 15) is 23.3 Å². The van der Waals surface area contributed by atoms with Gasteiger partial charge in [-0.1, -0.05) is 15.9 Å². The van der Waals surface area contributed by atoms with Gasteiger partial charge >= 0.3 is 5.97 Å². The van der Waals surface area contributed by atoms with Crippen LogP contribution in [0.1, 0.15) is 22.8 Å². The SMILES string of the molecule is CCOc1ccc(Br)cc1S(=O)(=O)Nc1ccc(C(=O)OCc2ccc([N+](=O)[O-])cc2)cc1. The molecule has 3 aromatic rings. The molecule has 0 fully saturated rings. The van der Waals surface area contributed by atoms with Gasteiger partial charge in [0.05, 0.1) is 17.1 Å². The quantitative estimate of drug-likeness (QED) is 0.234. The van der Waals surface area contributed by atoms with Gasteiger partial charge in [0.25, 0.3) is 15.7 Å². The van der Waals surface area contributed by atoms with E-state index in [1.807, 2.05) is 0 Å². The van der Waals surface area contributed by atoms with Crippen molar-refractivity contribution >= 4 is 43.3 Å². The van der Waals surface area contributed by atoms with Crippen molar-refractivity contribution in [2.45, 2.75) is 18.4 Å². The second-order valence-corrected chi connectivity index (χ2v) is 9.27. The third-order valence-corrected chi connectivity index (χ3v) is 6.28. The van der Waals surface area contributed by atoms with Crippen LogP contribution in [-0.4, -0.2) is 25.9 Å². The van der Waals surface area contributed by atoms with Gasteiger partial charge in [-0.25, -0.2) is 13.2 Å². The zero-order valence-electron chi connectivity index (χ0n) is 17.4. The van der Waals surface area contributed by atoms with Crippen molar-refractivity contribution in [2.75, 3.05) is 11.3 Å². The number of nitrogens with one attached hydrogen (secondary N) is 1. The van der Waals surface area contributed by atoms with Crippen molar-refractivity contribution in [3.8, 4) is 5.75 Å². The number of ether oxygens (including phenoxy) is 2. The molecular formula is C22H19BrN2O7S. The molecule has 172 valence electrons. The molecule has 0 aliphatic carbocycles. The summed E-state index contributed by atoms with van der Waals surface area (Å²) in [6, 6.07) is 16.1. The molecule has 1 N–H and O–H groups in total. The minimum atomic E-state index is -3.95. The van der Waals surface area contributed by atoms with Crippen molar-refractivity contribution in [1.29, 1.82) is 0 Å². The van der Waals surface area contributed by atoms with E-state index < -0.39 is 20.9 Å². The van der Waals surface area contributed by atoms with Gasteiger partial charge in [0.15, 0.2) is 0 Å². The van der Waals surface area contributed by atoms with Crippen molar-refractivity contribution in [3.63, 3.8) is 0 Å². The summed E-state index contributed by atoms with van der Waals surface area (Å²) in [6.07, 6.45) is 0. The van der Waals surface area contributed by atoms with Gasteiger partial charge in [-0.05, 0) is 67.1 Å². The summed E-state index contributed by atoms with van der Waals surface area (Å²) < 4.78 is 39.4. The maximum absolute atomic E-state index is 12.8. The second kappa shape index (κ2) is 10.5. The van der Waals surface area contributed by atoms with Crippen LogP contribution >= 0.6 is 15.9 Å². The van der Waals surface area contributed by atoms with E-state index in [2.05, 4.69) is 20.7 Å². The molecule has 0 unspecified atom stereocenters. The van der Waals surface area contributed by atoms with E-state index in [1.165, 1.54) is 54.6 Å². The van der Waals surface area contributed by atoms with Crippen LogP contribution in [0.2, 0.25) is 0 Å². The predicted octanol–water partition coefficient (Wildman–Crippen LogP) is 4.91. The molecular weight excluding hydrogens is 516 g/mol. The lowest BCUT2D eigenvalue weighted by atomic mass is 10.2. The molecule has 0 radical (unpaired) electrons. The molecule has 0 saturated carbocycles. The molecule has 0 heterocycles. The number of hydrogen-bond acceptors (Lipinski definition) is 7. The first-order chi connectivity index (χ1) is 15.7. The Morgan fingerprint density at radius 1 is 1.06 bits per heavy atom. The molecule has 11 heteroatoms. The number of halogens is 1. The Balaban J connectivity index is 1.66. The van der Waals surface area contributed by atoms with Gasteiger partial charge in [-0.2, -0.15) is 0 Å². The fourth-order valence-corrected chi connectivity index (χ4v) is 4.54. The number of non-ortho nitro benzene ring substituents is 1. The number of nitrogens with zero attached hydrogens (tertiary/aromatic N) is 1. The first-order valence-corrected chi connectivity index (χ1v) is 11.9. The molecule has 0 amide bonds. The summed E-state index contributed by atoms with van der Waals surface area (Å²) in [4.78, 5) is 22.4. The van der Waals surface area contributed by atoms with Crippen LogP contribution in [0.15, 0.2) is 76.1 Å². The van der Waals surface area contributed by atoms with Gasteiger partial charge in [-0.3, -0.25) is 14.8 Å². The van der Waals surface area contributed by atoms with Gasteiger partial charge in [0, 0.05) is 22.3 Å². The number of benzene rings is 3. The number of carbonyl (C=O) groups is 1. The summed E-state index contributed by atoms with van der Waals surface area (Å²) >= 11 is 3.26. The minimum Gasteiger partial charge on any atom is -0.492 e. The van der Waals surface area contributed by atoms with E-state index >= 15 is 0 Å². The molecule has 0 atom stereocenters. The Hall–Kier alpha value is -3.44. The Labute approximate surface area is 198 Å². The molecule has 3 rings (SSSR count). The van der Waals surface area contributed by atoms with Crippen LogP contribution in [0.25, 0.3) is 0 Å². The number of rotatable bonds is 9. The van der Waals surface area contributed by atoms with E-state index in [4.69, 9.17) is 9.47 Å². The molecule has 0 aliphatic heterocycles. The lowest BCUT2D eigenvalue weighted by molar-refractivity contribution is -0.384. The average Bonchev–Trinajstić information content (AvgIpc) is 2.79. The Morgan fingerprint density at radius 3 is 2.33 bits per heavy atom. The third kappa shape index (κ3) is 6.30. The highest BCUT2D eigenvalue weighted by atomic mass is 79.9. The summed E-state index contributed by atoms with van der Waals surface area (Å²) in [5.74, 6) is -0.395. The van der Waals surface area contributed by atoms with Crippen molar-refractivity contribution in [3.05, 3.63) is 92.4 Å². The average molecular weight is 535 g/mol. The standard InChI is InChI=1S/C22H19BrN2O7S/c1-2-31-20-12-7-17(23)13-21(20)33(29,30)24-18-8-5-16(6-9-18)22(26)32-14-15-3-10-19(11-4-15)25(27)28/h3-13,24H,2,14H2,1H3. The van der Waals surface area contributed by atoms with Crippen LogP contribution in [0.3, 0.4) is 0 Å². The normalized spacial score (nSPS) is 11.0.